The van der Waals surface area contributed by atoms with Gasteiger partial charge in [0.25, 0.3) is 10.2 Å². The van der Waals surface area contributed by atoms with Crippen LogP contribution in [0.2, 0.25) is 0 Å². The predicted octanol–water partition coefficient (Wildman–Crippen LogP) is 0.825. The number of nitrogens with one attached hydrogen (secondary N) is 1. The minimum atomic E-state index is -3.57. The number of hydrogen-bond acceptors (Lipinski definition) is 2. The molecular weight excluding hydrogens is 238 g/mol. The van der Waals surface area contributed by atoms with Crippen LogP contribution in [0.3, 0.4) is 0 Å². The van der Waals surface area contributed by atoms with Gasteiger partial charge in [0, 0.05) is 24.8 Å². The standard InChI is InChI=1S/C11H15N3O2S/c12-17(15,16)13-7-3-8-14-9-6-10-4-1-2-5-11(10)14/h1-2,4-6,9,13H,3,7-8H2,(H2,12,15,16). The van der Waals surface area contributed by atoms with Crippen molar-refractivity contribution in [2.75, 3.05) is 6.54 Å². The Hall–Kier alpha value is -1.37. The first-order valence-corrected chi connectivity index (χ1v) is 6.92. The molecule has 0 amide bonds. The molecule has 1 aromatic heterocycles. The Balaban J connectivity index is 1.96. The highest BCUT2D eigenvalue weighted by Gasteiger charge is 2.01. The number of hydrogen-bond donors (Lipinski definition) is 2. The molecule has 1 heterocycles. The van der Waals surface area contributed by atoms with Gasteiger partial charge in [-0.1, -0.05) is 18.2 Å². The number of benzene rings is 1. The number of rotatable bonds is 5. The molecule has 6 heteroatoms. The van der Waals surface area contributed by atoms with Crippen molar-refractivity contribution in [2.45, 2.75) is 13.0 Å². The third-order valence-electron chi connectivity index (χ3n) is 2.56. The van der Waals surface area contributed by atoms with E-state index in [0.29, 0.717) is 13.0 Å². The molecule has 0 unspecified atom stereocenters. The van der Waals surface area contributed by atoms with E-state index in [1.54, 1.807) is 0 Å². The number of nitrogens with zero attached hydrogens (tertiary/aromatic N) is 1. The van der Waals surface area contributed by atoms with Gasteiger partial charge >= 0.3 is 0 Å². The third kappa shape index (κ3) is 3.29. The van der Waals surface area contributed by atoms with Gasteiger partial charge in [0.1, 0.15) is 0 Å². The van der Waals surface area contributed by atoms with Crippen molar-refractivity contribution in [3.63, 3.8) is 0 Å². The first-order valence-electron chi connectivity index (χ1n) is 5.37. The van der Waals surface area contributed by atoms with E-state index in [2.05, 4.69) is 15.4 Å². The Morgan fingerprint density at radius 1 is 1.24 bits per heavy atom. The fraction of sp³-hybridized carbons (Fsp3) is 0.273. The van der Waals surface area contributed by atoms with Gasteiger partial charge < -0.3 is 4.57 Å². The monoisotopic (exact) mass is 253 g/mol. The molecule has 0 aliphatic rings. The van der Waals surface area contributed by atoms with Crippen molar-refractivity contribution in [2.24, 2.45) is 5.14 Å². The van der Waals surface area contributed by atoms with Crippen LogP contribution in [0.1, 0.15) is 6.42 Å². The molecule has 2 rings (SSSR count). The minimum absolute atomic E-state index is 0.353. The van der Waals surface area contributed by atoms with Crippen molar-refractivity contribution < 1.29 is 8.42 Å². The molecule has 0 aliphatic heterocycles. The maximum absolute atomic E-state index is 10.7. The van der Waals surface area contributed by atoms with E-state index >= 15 is 0 Å². The van der Waals surface area contributed by atoms with Gasteiger partial charge in [0.05, 0.1) is 0 Å². The quantitative estimate of drug-likeness (QED) is 0.774. The summed E-state index contributed by atoms with van der Waals surface area (Å²) < 4.78 is 25.7. The van der Waals surface area contributed by atoms with E-state index in [1.165, 1.54) is 5.39 Å². The molecule has 0 spiro atoms. The summed E-state index contributed by atoms with van der Waals surface area (Å²) in [5, 5.41) is 6.03. The van der Waals surface area contributed by atoms with Gasteiger partial charge in [-0.05, 0) is 23.9 Å². The normalized spacial score (nSPS) is 12.1. The van der Waals surface area contributed by atoms with Crippen LogP contribution < -0.4 is 9.86 Å². The Morgan fingerprint density at radius 3 is 2.76 bits per heavy atom. The van der Waals surface area contributed by atoms with Crippen molar-refractivity contribution in [1.29, 1.82) is 0 Å². The second-order valence-electron chi connectivity index (χ2n) is 3.86. The van der Waals surface area contributed by atoms with Crippen LogP contribution >= 0.6 is 0 Å². The molecule has 1 aromatic carbocycles. The zero-order valence-electron chi connectivity index (χ0n) is 9.33. The summed E-state index contributed by atoms with van der Waals surface area (Å²) in [7, 11) is -3.57. The van der Waals surface area contributed by atoms with Crippen LogP contribution in [-0.4, -0.2) is 19.5 Å². The summed E-state index contributed by atoms with van der Waals surface area (Å²) in [6.45, 7) is 1.11. The third-order valence-corrected chi connectivity index (χ3v) is 3.17. The Bertz CT molecular complexity index is 604. The molecule has 0 saturated carbocycles. The Kier molecular flexibility index (Phi) is 3.46. The van der Waals surface area contributed by atoms with Crippen molar-refractivity contribution in [3.8, 4) is 0 Å². The smallest absolute Gasteiger partial charge is 0.274 e. The number of fused-ring (bicyclic) bond motifs is 1. The summed E-state index contributed by atoms with van der Waals surface area (Å²) in [5.41, 5.74) is 1.16. The molecule has 5 nitrogen and oxygen atoms in total. The number of para-hydroxylation sites is 1. The molecular formula is C11H15N3O2S. The molecule has 0 aliphatic carbocycles. The highest BCUT2D eigenvalue weighted by molar-refractivity contribution is 7.87. The van der Waals surface area contributed by atoms with Gasteiger partial charge in [0.15, 0.2) is 0 Å². The van der Waals surface area contributed by atoms with Crippen LogP contribution in [0.15, 0.2) is 36.5 Å². The first kappa shape index (κ1) is 12.1. The van der Waals surface area contributed by atoms with Gasteiger partial charge in [-0.2, -0.15) is 8.42 Å². The SMILES string of the molecule is NS(=O)(=O)NCCCn1ccc2ccccc21. The van der Waals surface area contributed by atoms with E-state index in [1.807, 2.05) is 30.5 Å². The lowest BCUT2D eigenvalue weighted by Crippen LogP contribution is -2.31. The van der Waals surface area contributed by atoms with Gasteiger partial charge in [0.2, 0.25) is 0 Å². The molecule has 0 atom stereocenters. The Labute approximate surface area is 100 Å². The number of aryl methyl sites for hydroxylation is 1. The lowest BCUT2D eigenvalue weighted by molar-refractivity contribution is 0.573. The summed E-state index contributed by atoms with van der Waals surface area (Å²) >= 11 is 0. The minimum Gasteiger partial charge on any atom is -0.347 e. The fourth-order valence-electron chi connectivity index (χ4n) is 1.80. The van der Waals surface area contributed by atoms with Gasteiger partial charge in [-0.3, -0.25) is 0 Å². The largest absolute Gasteiger partial charge is 0.347 e. The summed E-state index contributed by atoms with van der Waals surface area (Å²) in [6.07, 6.45) is 2.71. The topological polar surface area (TPSA) is 77.1 Å². The molecule has 17 heavy (non-hydrogen) atoms. The van der Waals surface area contributed by atoms with Gasteiger partial charge in [-0.15, -0.1) is 0 Å². The molecule has 2 aromatic rings. The zero-order chi connectivity index (χ0) is 12.3. The molecule has 92 valence electrons. The van der Waals surface area contributed by atoms with Crippen LogP contribution in [0, 0.1) is 0 Å². The molecule has 0 fully saturated rings. The highest BCUT2D eigenvalue weighted by Crippen LogP contribution is 2.15. The summed E-state index contributed by atoms with van der Waals surface area (Å²) in [6, 6.07) is 10.1. The van der Waals surface area contributed by atoms with Crippen molar-refractivity contribution in [3.05, 3.63) is 36.5 Å². The van der Waals surface area contributed by atoms with Gasteiger partial charge in [-0.25, -0.2) is 9.86 Å². The van der Waals surface area contributed by atoms with E-state index in [9.17, 15) is 8.42 Å². The summed E-state index contributed by atoms with van der Waals surface area (Å²) in [5.74, 6) is 0. The second kappa shape index (κ2) is 4.87. The predicted molar refractivity (Wildman–Crippen MR) is 67.7 cm³/mol. The average molecular weight is 253 g/mol. The first-order chi connectivity index (χ1) is 8.06. The zero-order valence-corrected chi connectivity index (χ0v) is 10.2. The average Bonchev–Trinajstić information content (AvgIpc) is 2.67. The van der Waals surface area contributed by atoms with Crippen LogP contribution in [0.5, 0.6) is 0 Å². The lowest BCUT2D eigenvalue weighted by atomic mass is 10.2. The molecule has 0 radical (unpaired) electrons. The van der Waals surface area contributed by atoms with E-state index in [4.69, 9.17) is 5.14 Å². The maximum Gasteiger partial charge on any atom is 0.274 e. The van der Waals surface area contributed by atoms with E-state index in [0.717, 1.165) is 12.1 Å². The number of aromatic nitrogens is 1. The number of nitrogens with two attached hydrogens (primary N) is 1. The molecule has 0 bridgehead atoms. The second-order valence-corrected chi connectivity index (χ2v) is 5.24. The Morgan fingerprint density at radius 2 is 2.00 bits per heavy atom. The van der Waals surface area contributed by atoms with Crippen molar-refractivity contribution >= 4 is 21.1 Å². The molecule has 3 N–H and O–H groups in total. The van der Waals surface area contributed by atoms with Crippen LogP contribution in [-0.2, 0) is 16.8 Å². The van der Waals surface area contributed by atoms with Crippen molar-refractivity contribution in [1.82, 2.24) is 9.29 Å². The van der Waals surface area contributed by atoms with E-state index in [-0.39, 0.29) is 0 Å². The fourth-order valence-corrected chi connectivity index (χ4v) is 2.23. The van der Waals surface area contributed by atoms with Crippen LogP contribution in [0.4, 0.5) is 0 Å². The summed E-state index contributed by atoms with van der Waals surface area (Å²) in [4.78, 5) is 0. The van der Waals surface area contributed by atoms with E-state index < -0.39 is 10.2 Å². The van der Waals surface area contributed by atoms with Crippen LogP contribution in [0.25, 0.3) is 10.9 Å². The highest BCUT2D eigenvalue weighted by atomic mass is 32.2. The lowest BCUT2D eigenvalue weighted by Gasteiger charge is -2.05. The molecule has 0 saturated heterocycles. The maximum atomic E-state index is 10.7.